The lowest BCUT2D eigenvalue weighted by Crippen LogP contribution is -2.11. The van der Waals surface area contributed by atoms with Crippen LogP contribution in [-0.2, 0) is 4.79 Å². The highest BCUT2D eigenvalue weighted by Gasteiger charge is 2.13. The van der Waals surface area contributed by atoms with Gasteiger partial charge in [-0.15, -0.1) is 5.92 Å². The van der Waals surface area contributed by atoms with Gasteiger partial charge in [-0.3, -0.25) is 4.79 Å². The standard InChI is InChI=1S/C18H24O3/c1-5-6-15(13-17(19)20)14-7-9-16(10-8-14)21-12-11-18(2,3)4/h7-10,15H,11-13H2,1-4H3,(H,19,20)/t15-/m0/s1. The molecule has 3 heteroatoms. The summed E-state index contributed by atoms with van der Waals surface area (Å²) in [7, 11) is 0. The molecular weight excluding hydrogens is 264 g/mol. The molecule has 1 aromatic rings. The number of aliphatic carboxylic acids is 1. The van der Waals surface area contributed by atoms with Gasteiger partial charge in [-0.2, -0.15) is 0 Å². The van der Waals surface area contributed by atoms with Gasteiger partial charge in [-0.05, 0) is 36.5 Å². The third-order valence-electron chi connectivity index (χ3n) is 3.10. The summed E-state index contributed by atoms with van der Waals surface area (Å²) in [4.78, 5) is 10.9. The molecule has 1 atom stereocenters. The van der Waals surface area contributed by atoms with E-state index in [1.165, 1.54) is 0 Å². The molecule has 1 N–H and O–H groups in total. The summed E-state index contributed by atoms with van der Waals surface area (Å²) >= 11 is 0. The lowest BCUT2D eigenvalue weighted by atomic mass is 9.93. The smallest absolute Gasteiger partial charge is 0.304 e. The molecule has 0 heterocycles. The lowest BCUT2D eigenvalue weighted by molar-refractivity contribution is -0.137. The number of ether oxygens (including phenoxy) is 1. The first-order valence-electron chi connectivity index (χ1n) is 7.18. The maximum Gasteiger partial charge on any atom is 0.304 e. The van der Waals surface area contributed by atoms with Crippen molar-refractivity contribution in [3.05, 3.63) is 29.8 Å². The quantitative estimate of drug-likeness (QED) is 0.802. The molecule has 0 unspecified atom stereocenters. The minimum atomic E-state index is -0.840. The Balaban J connectivity index is 2.66. The molecule has 0 spiro atoms. The molecule has 0 fully saturated rings. The summed E-state index contributed by atoms with van der Waals surface area (Å²) in [6, 6.07) is 7.54. The van der Waals surface area contributed by atoms with E-state index in [1.54, 1.807) is 6.92 Å². The monoisotopic (exact) mass is 288 g/mol. The zero-order valence-corrected chi connectivity index (χ0v) is 13.3. The van der Waals surface area contributed by atoms with E-state index in [0.717, 1.165) is 17.7 Å². The predicted octanol–water partition coefficient (Wildman–Crippen LogP) is 4.08. The normalized spacial score (nSPS) is 12.2. The minimum absolute atomic E-state index is 0.0189. The number of rotatable bonds is 6. The summed E-state index contributed by atoms with van der Waals surface area (Å²) < 4.78 is 5.71. The largest absolute Gasteiger partial charge is 0.494 e. The summed E-state index contributed by atoms with van der Waals surface area (Å²) in [5.41, 5.74) is 1.17. The Morgan fingerprint density at radius 3 is 2.38 bits per heavy atom. The zero-order valence-electron chi connectivity index (χ0n) is 13.3. The fourth-order valence-corrected chi connectivity index (χ4v) is 1.87. The second-order valence-corrected chi connectivity index (χ2v) is 6.27. The summed E-state index contributed by atoms with van der Waals surface area (Å²) in [5.74, 6) is 5.43. The van der Waals surface area contributed by atoms with Crippen LogP contribution in [0.1, 0.15) is 52.0 Å². The number of carboxylic acids is 1. The van der Waals surface area contributed by atoms with E-state index in [2.05, 4.69) is 32.6 Å². The molecule has 0 amide bonds. The Kier molecular flexibility index (Phi) is 6.30. The SMILES string of the molecule is CC#C[C@@H](CC(=O)O)c1ccc(OCCC(C)(C)C)cc1. The zero-order chi connectivity index (χ0) is 15.9. The number of hydrogen-bond acceptors (Lipinski definition) is 2. The molecule has 1 aromatic carbocycles. The Morgan fingerprint density at radius 1 is 1.29 bits per heavy atom. The van der Waals surface area contributed by atoms with Gasteiger partial charge >= 0.3 is 5.97 Å². The van der Waals surface area contributed by atoms with Crippen molar-refractivity contribution in [2.45, 2.75) is 46.5 Å². The van der Waals surface area contributed by atoms with Crippen molar-refractivity contribution in [2.75, 3.05) is 6.61 Å². The molecule has 0 radical (unpaired) electrons. The van der Waals surface area contributed by atoms with Crippen molar-refractivity contribution < 1.29 is 14.6 Å². The van der Waals surface area contributed by atoms with Gasteiger partial charge in [0, 0.05) is 0 Å². The van der Waals surface area contributed by atoms with Crippen LogP contribution < -0.4 is 4.74 Å². The summed E-state index contributed by atoms with van der Waals surface area (Å²) in [6.45, 7) is 8.94. The third-order valence-corrected chi connectivity index (χ3v) is 3.10. The molecule has 1 rings (SSSR count). The van der Waals surface area contributed by atoms with Gasteiger partial charge in [-0.1, -0.05) is 38.8 Å². The van der Waals surface area contributed by atoms with Gasteiger partial charge in [-0.25, -0.2) is 0 Å². The highest BCUT2D eigenvalue weighted by Crippen LogP contribution is 2.23. The second kappa shape index (κ2) is 7.73. The number of hydrogen-bond donors (Lipinski definition) is 1. The van der Waals surface area contributed by atoms with Gasteiger partial charge in [0.2, 0.25) is 0 Å². The van der Waals surface area contributed by atoms with Crippen molar-refractivity contribution in [3.8, 4) is 17.6 Å². The molecule has 0 saturated carbocycles. The van der Waals surface area contributed by atoms with Crippen LogP contribution in [0.2, 0.25) is 0 Å². The van der Waals surface area contributed by atoms with Crippen LogP contribution in [0.5, 0.6) is 5.75 Å². The highest BCUT2D eigenvalue weighted by molar-refractivity contribution is 5.69. The molecule has 0 aromatic heterocycles. The topological polar surface area (TPSA) is 46.5 Å². The van der Waals surface area contributed by atoms with E-state index in [4.69, 9.17) is 9.84 Å². The molecule has 0 saturated heterocycles. The fourth-order valence-electron chi connectivity index (χ4n) is 1.87. The molecule has 3 nitrogen and oxygen atoms in total. The average Bonchev–Trinajstić information content (AvgIpc) is 2.37. The van der Waals surface area contributed by atoms with Crippen molar-refractivity contribution in [1.82, 2.24) is 0 Å². The van der Waals surface area contributed by atoms with E-state index in [9.17, 15) is 4.79 Å². The van der Waals surface area contributed by atoms with Crippen LogP contribution in [0.4, 0.5) is 0 Å². The summed E-state index contributed by atoms with van der Waals surface area (Å²) in [5, 5.41) is 8.93. The van der Waals surface area contributed by atoms with E-state index < -0.39 is 5.97 Å². The molecule has 0 aliphatic rings. The second-order valence-electron chi connectivity index (χ2n) is 6.27. The van der Waals surface area contributed by atoms with Crippen molar-refractivity contribution in [1.29, 1.82) is 0 Å². The van der Waals surface area contributed by atoms with Gasteiger partial charge in [0.05, 0.1) is 18.9 Å². The number of carboxylic acid groups (broad SMARTS) is 1. The number of carbonyl (C=O) groups is 1. The molecule has 0 bridgehead atoms. The maximum atomic E-state index is 10.9. The maximum absolute atomic E-state index is 10.9. The first-order chi connectivity index (χ1) is 9.81. The van der Waals surface area contributed by atoms with Gasteiger partial charge in [0.15, 0.2) is 0 Å². The lowest BCUT2D eigenvalue weighted by Gasteiger charge is -2.18. The van der Waals surface area contributed by atoms with Crippen molar-refractivity contribution >= 4 is 5.97 Å². The van der Waals surface area contributed by atoms with Crippen LogP contribution in [0.15, 0.2) is 24.3 Å². The van der Waals surface area contributed by atoms with Crippen molar-refractivity contribution in [3.63, 3.8) is 0 Å². The predicted molar refractivity (Wildman–Crippen MR) is 84.5 cm³/mol. The highest BCUT2D eigenvalue weighted by atomic mass is 16.5. The first kappa shape index (κ1) is 17.1. The van der Waals surface area contributed by atoms with Crippen LogP contribution in [-0.4, -0.2) is 17.7 Å². The van der Waals surface area contributed by atoms with Crippen molar-refractivity contribution in [2.24, 2.45) is 5.41 Å². The first-order valence-corrected chi connectivity index (χ1v) is 7.18. The third kappa shape index (κ3) is 6.85. The Bertz CT molecular complexity index is 512. The minimum Gasteiger partial charge on any atom is -0.494 e. The van der Waals surface area contributed by atoms with Gasteiger partial charge < -0.3 is 9.84 Å². The van der Waals surface area contributed by atoms with E-state index >= 15 is 0 Å². The van der Waals surface area contributed by atoms with Crippen LogP contribution >= 0.6 is 0 Å². The fraction of sp³-hybridized carbons (Fsp3) is 0.500. The molecule has 0 aliphatic carbocycles. The Morgan fingerprint density at radius 2 is 1.90 bits per heavy atom. The van der Waals surface area contributed by atoms with Crippen LogP contribution in [0.25, 0.3) is 0 Å². The molecule has 114 valence electrons. The van der Waals surface area contributed by atoms with E-state index in [-0.39, 0.29) is 17.8 Å². The Hall–Kier alpha value is -1.95. The molecule has 0 aliphatic heterocycles. The molecule has 21 heavy (non-hydrogen) atoms. The van der Waals surface area contributed by atoms with E-state index in [0.29, 0.717) is 6.61 Å². The summed E-state index contributed by atoms with van der Waals surface area (Å²) in [6.07, 6.45) is 1.00. The number of benzene rings is 1. The van der Waals surface area contributed by atoms with Crippen LogP contribution in [0, 0.1) is 17.3 Å². The van der Waals surface area contributed by atoms with Crippen LogP contribution in [0.3, 0.4) is 0 Å². The average molecular weight is 288 g/mol. The molecular formula is C18H24O3. The van der Waals surface area contributed by atoms with Gasteiger partial charge in [0.1, 0.15) is 5.75 Å². The van der Waals surface area contributed by atoms with Gasteiger partial charge in [0.25, 0.3) is 0 Å². The van der Waals surface area contributed by atoms with E-state index in [1.807, 2.05) is 24.3 Å². The Labute approximate surface area is 127 Å².